The highest BCUT2D eigenvalue weighted by Gasteiger charge is 2.75. The number of pyridine rings is 1. The van der Waals surface area contributed by atoms with Gasteiger partial charge in [-0.1, -0.05) is 68.0 Å². The van der Waals surface area contributed by atoms with Crippen LogP contribution >= 0.6 is 0 Å². The highest BCUT2D eigenvalue weighted by atomic mass is 19.1. The van der Waals surface area contributed by atoms with Gasteiger partial charge in [-0.2, -0.15) is 0 Å². The summed E-state index contributed by atoms with van der Waals surface area (Å²) in [6, 6.07) is 14.8. The summed E-state index contributed by atoms with van der Waals surface area (Å²) in [5.74, 6) is -4.66. The number of nitrogens with zero attached hydrogens (tertiary/aromatic N) is 1. The minimum Gasteiger partial charge on any atom is -0.465 e. The number of aliphatic hydroxyl groups excluding tert-OH is 2. The van der Waals surface area contributed by atoms with Crippen LogP contribution in [0.3, 0.4) is 0 Å². The maximum atomic E-state index is 17.5. The molecule has 6 N–H and O–H groups in total. The number of hydrogen-bond acceptors (Lipinski definition) is 11. The normalized spacial score (nSPS) is 32.5. The van der Waals surface area contributed by atoms with E-state index >= 15 is 4.39 Å². The van der Waals surface area contributed by atoms with E-state index in [1.54, 1.807) is 45.3 Å². The summed E-state index contributed by atoms with van der Waals surface area (Å²) < 4.78 is 28.1. The number of anilines is 1. The van der Waals surface area contributed by atoms with Crippen molar-refractivity contribution in [3.8, 4) is 0 Å². The maximum absolute atomic E-state index is 17.5. The molecule has 0 radical (unpaired) electrons. The van der Waals surface area contributed by atoms with Crippen LogP contribution in [-0.4, -0.2) is 87.2 Å². The highest BCUT2D eigenvalue weighted by molar-refractivity contribution is 5.98. The number of ether oxygens (including phenoxy) is 2. The van der Waals surface area contributed by atoms with Crippen molar-refractivity contribution in [2.75, 3.05) is 25.1 Å². The number of carbonyl (C=O) groups is 4. The lowest BCUT2D eigenvalue weighted by atomic mass is 9.44. The number of aliphatic hydroxyl groups is 3. The van der Waals surface area contributed by atoms with Crippen LogP contribution in [0, 0.1) is 28.6 Å². The summed E-state index contributed by atoms with van der Waals surface area (Å²) in [6.07, 6.45) is 6.85. The van der Waals surface area contributed by atoms with Crippen molar-refractivity contribution in [2.45, 2.75) is 95.1 Å². The van der Waals surface area contributed by atoms with Gasteiger partial charge in [-0.15, -0.1) is 0 Å². The molecule has 3 saturated carbocycles. The van der Waals surface area contributed by atoms with E-state index in [0.29, 0.717) is 31.4 Å². The number of alkyl halides is 1. The number of carbonyl (C=O) groups excluding carboxylic acids is 4. The van der Waals surface area contributed by atoms with Crippen LogP contribution in [0.1, 0.15) is 76.3 Å². The number of allylic oxidation sites excluding steroid dienone is 2. The van der Waals surface area contributed by atoms with Crippen LogP contribution in [0.25, 0.3) is 10.8 Å². The molecule has 4 aliphatic rings. The molecule has 59 heavy (non-hydrogen) atoms. The number of fused-ring (bicyclic) bond motifs is 6. The number of esters is 2. The average Bonchev–Trinajstić information content (AvgIpc) is 3.42. The average molecular weight is 812 g/mol. The molecule has 12 nitrogen and oxygen atoms in total. The first-order chi connectivity index (χ1) is 28.0. The Hall–Kier alpha value is -4.82. The van der Waals surface area contributed by atoms with Crippen molar-refractivity contribution < 1.29 is 48.4 Å². The molecule has 3 fully saturated rings. The molecule has 1 heterocycles. The Morgan fingerprint density at radius 3 is 2.46 bits per heavy atom. The fourth-order valence-corrected chi connectivity index (χ4v) is 10.8. The van der Waals surface area contributed by atoms with E-state index in [2.05, 4.69) is 10.3 Å². The molecule has 2 aromatic carbocycles. The van der Waals surface area contributed by atoms with Crippen LogP contribution in [0.4, 0.5) is 10.1 Å². The smallest absolute Gasteiger partial charge is 0.306 e. The van der Waals surface area contributed by atoms with Gasteiger partial charge in [0.15, 0.2) is 12.3 Å². The predicted molar refractivity (Wildman–Crippen MR) is 217 cm³/mol. The van der Waals surface area contributed by atoms with Crippen molar-refractivity contribution in [3.63, 3.8) is 0 Å². The van der Waals surface area contributed by atoms with Crippen LogP contribution in [0.5, 0.6) is 0 Å². The van der Waals surface area contributed by atoms with Gasteiger partial charge >= 0.3 is 11.9 Å². The lowest BCUT2D eigenvalue weighted by Crippen LogP contribution is -2.69. The molecule has 1 amide bonds. The largest absolute Gasteiger partial charge is 0.465 e. The zero-order chi connectivity index (χ0) is 42.3. The second-order valence-electron chi connectivity index (χ2n) is 17.3. The third-order valence-electron chi connectivity index (χ3n) is 14.1. The molecule has 0 bridgehead atoms. The summed E-state index contributed by atoms with van der Waals surface area (Å²) in [4.78, 5) is 56.2. The fourth-order valence-electron chi connectivity index (χ4n) is 10.8. The first-order valence-corrected chi connectivity index (χ1v) is 20.5. The fraction of sp³-hybridized carbons (Fsp3) is 0.500. The standard InChI is InChI=1S/C46H54FN3O9/c1-27-20-37-36-11-9-32-22-34(51)14-17-43(32,2)45(36,47)38(52)23-44(37,3)46(27,57)39(53)26-59-41(55)13-12-40(54)58-19-16-28-4-6-29(7-5-28)35(24-48)42(56)50-33-10-8-31-25-49-18-15-30(31)21-33/h4-8,10,14-15,17-18,21-22,25,27,34-38,51-52,57H,9,11-13,16,19-20,23-24,26,48H2,1-3H3,(H,50,56)/t27-,34?,35-,36+,37+,38+,43+,44+,45+,46+/m1/s1. The van der Waals surface area contributed by atoms with E-state index in [-0.39, 0.29) is 38.3 Å². The second-order valence-corrected chi connectivity index (χ2v) is 17.3. The highest BCUT2D eigenvalue weighted by Crippen LogP contribution is 2.70. The molecule has 13 heteroatoms. The molecule has 1 unspecified atom stereocenters. The van der Waals surface area contributed by atoms with Gasteiger partial charge in [0.1, 0.15) is 5.60 Å². The zero-order valence-corrected chi connectivity index (χ0v) is 33.7. The molecular weight excluding hydrogens is 758 g/mol. The third kappa shape index (κ3) is 7.40. The van der Waals surface area contributed by atoms with Gasteiger partial charge in [0.2, 0.25) is 11.7 Å². The zero-order valence-electron chi connectivity index (χ0n) is 33.7. The van der Waals surface area contributed by atoms with Gasteiger partial charge in [0.25, 0.3) is 0 Å². The Balaban J connectivity index is 0.865. The van der Waals surface area contributed by atoms with E-state index < -0.39 is 82.3 Å². The minimum atomic E-state index is -2.07. The Labute approximate surface area is 343 Å². The molecule has 7 rings (SSSR count). The summed E-state index contributed by atoms with van der Waals surface area (Å²) in [5.41, 5.74) is 2.61. The summed E-state index contributed by atoms with van der Waals surface area (Å²) in [6.45, 7) is 4.63. The molecule has 4 aliphatic carbocycles. The van der Waals surface area contributed by atoms with Crippen LogP contribution in [-0.2, 0) is 35.1 Å². The number of amides is 1. The Bertz CT molecular complexity index is 2180. The van der Waals surface area contributed by atoms with Crippen LogP contribution in [0.15, 0.2) is 84.7 Å². The van der Waals surface area contributed by atoms with Gasteiger partial charge in [-0.3, -0.25) is 24.2 Å². The molecule has 1 aromatic heterocycles. The monoisotopic (exact) mass is 811 g/mol. The number of nitrogens with one attached hydrogen (secondary N) is 1. The number of Topliss-reactive ketones (excluding diaryl/α,β-unsaturated/α-hetero) is 1. The van der Waals surface area contributed by atoms with Crippen LogP contribution < -0.4 is 11.1 Å². The van der Waals surface area contributed by atoms with Gasteiger partial charge in [0, 0.05) is 53.2 Å². The van der Waals surface area contributed by atoms with E-state index in [1.807, 2.05) is 48.5 Å². The molecular formula is C46H54FN3O9. The van der Waals surface area contributed by atoms with Crippen molar-refractivity contribution in [2.24, 2.45) is 34.3 Å². The van der Waals surface area contributed by atoms with Crippen LogP contribution in [0.2, 0.25) is 0 Å². The lowest BCUT2D eigenvalue weighted by Gasteiger charge is -2.62. The molecule has 314 valence electrons. The first-order valence-electron chi connectivity index (χ1n) is 20.5. The Morgan fingerprint density at radius 2 is 1.73 bits per heavy atom. The van der Waals surface area contributed by atoms with Crippen molar-refractivity contribution in [3.05, 3.63) is 95.9 Å². The van der Waals surface area contributed by atoms with Crippen molar-refractivity contribution >= 4 is 40.1 Å². The SMILES string of the molecule is C[C@@H]1C[C@H]2[C@@H]3CCC4=CC(O)C=C[C@]4(C)[C@@]3(F)[C@@H](O)C[C@]2(C)[C@@]1(O)C(=O)COC(=O)CCC(=O)OCCc1ccc([C@@H](CN)C(=O)Nc2ccc3cnccc3c2)cc1. The van der Waals surface area contributed by atoms with E-state index in [9.17, 15) is 34.5 Å². The number of hydrogen-bond donors (Lipinski definition) is 5. The molecule has 10 atom stereocenters. The number of benzene rings is 2. The van der Waals surface area contributed by atoms with E-state index in [4.69, 9.17) is 15.2 Å². The molecule has 0 spiro atoms. The third-order valence-corrected chi connectivity index (χ3v) is 14.1. The quantitative estimate of drug-likeness (QED) is 0.115. The van der Waals surface area contributed by atoms with Gasteiger partial charge < -0.3 is 35.8 Å². The van der Waals surface area contributed by atoms with Gasteiger partial charge in [-0.05, 0) is 79.2 Å². The maximum Gasteiger partial charge on any atom is 0.306 e. The van der Waals surface area contributed by atoms with Gasteiger partial charge in [-0.25, -0.2) is 4.39 Å². The summed E-state index contributed by atoms with van der Waals surface area (Å²) >= 11 is 0. The molecule has 3 aromatic rings. The number of ketones is 1. The second kappa shape index (κ2) is 16.3. The summed E-state index contributed by atoms with van der Waals surface area (Å²) in [5, 5.41) is 38.8. The van der Waals surface area contributed by atoms with Gasteiger partial charge in [0.05, 0.1) is 37.6 Å². The van der Waals surface area contributed by atoms with Crippen molar-refractivity contribution in [1.29, 1.82) is 0 Å². The first kappa shape index (κ1) is 42.3. The Morgan fingerprint density at radius 1 is 1.00 bits per heavy atom. The Kier molecular flexibility index (Phi) is 11.7. The van der Waals surface area contributed by atoms with E-state index in [0.717, 1.165) is 27.5 Å². The van der Waals surface area contributed by atoms with Crippen molar-refractivity contribution in [1.82, 2.24) is 4.98 Å². The molecule has 0 saturated heterocycles. The predicted octanol–water partition coefficient (Wildman–Crippen LogP) is 5.03. The minimum absolute atomic E-state index is 0.0523. The number of rotatable bonds is 13. The molecule has 0 aliphatic heterocycles. The summed E-state index contributed by atoms with van der Waals surface area (Å²) in [7, 11) is 0. The van der Waals surface area contributed by atoms with E-state index in [1.165, 1.54) is 6.08 Å². The number of aromatic nitrogens is 1. The number of nitrogens with two attached hydrogens (primary N) is 1. The number of halogens is 1. The lowest BCUT2D eigenvalue weighted by molar-refractivity contribution is -0.220. The topological polar surface area (TPSA) is 198 Å².